The lowest BCUT2D eigenvalue weighted by Crippen LogP contribution is -2.42. The van der Waals surface area contributed by atoms with Gasteiger partial charge in [0.1, 0.15) is 0 Å². The Labute approximate surface area is 155 Å². The summed E-state index contributed by atoms with van der Waals surface area (Å²) in [5, 5.41) is 7.94. The molecule has 128 valence electrons. The number of nitrogens with one attached hydrogen (secondary N) is 1. The number of hydrogen-bond donors (Lipinski definition) is 1. The number of hydrogen-bond acceptors (Lipinski definition) is 3. The molecule has 1 amide bonds. The van der Waals surface area contributed by atoms with Crippen molar-refractivity contribution in [1.82, 2.24) is 20.0 Å². The van der Waals surface area contributed by atoms with E-state index in [-0.39, 0.29) is 18.3 Å². The van der Waals surface area contributed by atoms with E-state index in [4.69, 9.17) is 0 Å². The van der Waals surface area contributed by atoms with Crippen molar-refractivity contribution in [2.75, 3.05) is 13.1 Å². The number of aromatic nitrogens is 2. The summed E-state index contributed by atoms with van der Waals surface area (Å²) in [6.45, 7) is 1.89. The minimum atomic E-state index is 0. The molecule has 2 saturated heterocycles. The average molecular weight is 412 g/mol. The quantitative estimate of drug-likeness (QED) is 0.826. The normalized spacial score (nSPS) is 22.8. The maximum atomic E-state index is 12.9. The number of rotatable bonds is 2. The molecule has 4 rings (SSSR count). The highest BCUT2D eigenvalue weighted by Gasteiger charge is 2.39. The van der Waals surface area contributed by atoms with Crippen LogP contribution in [0.4, 0.5) is 0 Å². The van der Waals surface area contributed by atoms with E-state index in [1.54, 1.807) is 4.68 Å². The number of halogens is 2. The second-order valence-electron chi connectivity index (χ2n) is 6.22. The third-order valence-electron chi connectivity index (χ3n) is 4.77. The van der Waals surface area contributed by atoms with Gasteiger partial charge in [-0.15, -0.1) is 12.4 Å². The van der Waals surface area contributed by atoms with Crippen molar-refractivity contribution in [2.24, 2.45) is 0 Å². The number of benzene rings is 1. The molecule has 0 saturated carbocycles. The average Bonchev–Trinajstić information content (AvgIpc) is 3.11. The van der Waals surface area contributed by atoms with Gasteiger partial charge in [-0.1, -0.05) is 22.0 Å². The van der Waals surface area contributed by atoms with Gasteiger partial charge in [-0.25, -0.2) is 4.68 Å². The Morgan fingerprint density at radius 1 is 1.21 bits per heavy atom. The molecule has 0 aliphatic carbocycles. The summed E-state index contributed by atoms with van der Waals surface area (Å²) in [7, 11) is 0. The molecule has 5 nitrogen and oxygen atoms in total. The predicted molar refractivity (Wildman–Crippen MR) is 99.0 cm³/mol. The lowest BCUT2D eigenvalue weighted by atomic mass is 10.1. The van der Waals surface area contributed by atoms with Crippen LogP contribution in [0.1, 0.15) is 29.8 Å². The number of nitrogens with zero attached hydrogens (tertiary/aromatic N) is 3. The first-order valence-corrected chi connectivity index (χ1v) is 8.86. The van der Waals surface area contributed by atoms with Crippen LogP contribution in [0.15, 0.2) is 41.0 Å². The fourth-order valence-electron chi connectivity index (χ4n) is 3.65. The first-order chi connectivity index (χ1) is 11.2. The third-order valence-corrected chi connectivity index (χ3v) is 5.26. The van der Waals surface area contributed by atoms with E-state index in [1.807, 2.05) is 36.5 Å². The molecule has 1 N–H and O–H groups in total. The van der Waals surface area contributed by atoms with E-state index in [2.05, 4.69) is 31.2 Å². The summed E-state index contributed by atoms with van der Waals surface area (Å²) in [6.07, 6.45) is 5.10. The fraction of sp³-hybridized carbons (Fsp3) is 0.412. The van der Waals surface area contributed by atoms with Crippen LogP contribution in [0, 0.1) is 0 Å². The Morgan fingerprint density at radius 3 is 2.88 bits per heavy atom. The summed E-state index contributed by atoms with van der Waals surface area (Å²) >= 11 is 3.47. The Kier molecular flexibility index (Phi) is 5.27. The van der Waals surface area contributed by atoms with Crippen LogP contribution in [-0.4, -0.2) is 45.8 Å². The standard InChI is InChI=1S/C17H19BrN4O.ClH/c18-12-2-1-3-14(10-12)21-9-7-16(20-21)17(23)22-13-4-5-15(22)11-19-8-6-13;/h1-3,7,9-10,13,15,19H,4-6,8,11H2;1H. The molecule has 1 aromatic heterocycles. The predicted octanol–water partition coefficient (Wildman–Crippen LogP) is 3.02. The van der Waals surface area contributed by atoms with Gasteiger partial charge < -0.3 is 10.2 Å². The molecule has 0 radical (unpaired) electrons. The van der Waals surface area contributed by atoms with Gasteiger partial charge in [0, 0.05) is 29.3 Å². The van der Waals surface area contributed by atoms with Crippen LogP contribution in [0.3, 0.4) is 0 Å². The van der Waals surface area contributed by atoms with Crippen molar-refractivity contribution in [3.63, 3.8) is 0 Å². The summed E-state index contributed by atoms with van der Waals surface area (Å²) in [5.41, 5.74) is 1.47. The van der Waals surface area contributed by atoms with Crippen LogP contribution in [0.2, 0.25) is 0 Å². The highest BCUT2D eigenvalue weighted by atomic mass is 79.9. The zero-order valence-corrected chi connectivity index (χ0v) is 15.6. The van der Waals surface area contributed by atoms with Crippen molar-refractivity contribution in [1.29, 1.82) is 0 Å². The lowest BCUT2D eigenvalue weighted by molar-refractivity contribution is 0.0673. The van der Waals surface area contributed by atoms with E-state index in [0.717, 1.165) is 42.5 Å². The highest BCUT2D eigenvalue weighted by molar-refractivity contribution is 9.10. The van der Waals surface area contributed by atoms with E-state index in [0.29, 0.717) is 17.8 Å². The molecule has 0 spiro atoms. The zero-order chi connectivity index (χ0) is 15.8. The monoisotopic (exact) mass is 410 g/mol. The van der Waals surface area contributed by atoms with E-state index >= 15 is 0 Å². The Hall–Kier alpha value is -1.37. The largest absolute Gasteiger partial charge is 0.330 e. The minimum absolute atomic E-state index is 0. The number of amides is 1. The second kappa shape index (κ2) is 7.25. The highest BCUT2D eigenvalue weighted by Crippen LogP contribution is 2.29. The van der Waals surface area contributed by atoms with Gasteiger partial charge in [-0.05, 0) is 50.1 Å². The molecule has 1 aromatic carbocycles. The molecule has 3 heterocycles. The van der Waals surface area contributed by atoms with Gasteiger partial charge in [-0.3, -0.25) is 4.79 Å². The molecule has 2 fully saturated rings. The fourth-order valence-corrected chi connectivity index (χ4v) is 4.03. The van der Waals surface area contributed by atoms with E-state index < -0.39 is 0 Å². The molecule has 2 bridgehead atoms. The molecule has 7 heteroatoms. The third kappa shape index (κ3) is 3.23. The van der Waals surface area contributed by atoms with Crippen LogP contribution >= 0.6 is 28.3 Å². The Morgan fingerprint density at radius 2 is 2.04 bits per heavy atom. The summed E-state index contributed by atoms with van der Waals surface area (Å²) in [6, 6.07) is 10.4. The van der Waals surface area contributed by atoms with E-state index in [1.165, 1.54) is 0 Å². The first kappa shape index (κ1) is 17.5. The molecule has 2 unspecified atom stereocenters. The van der Waals surface area contributed by atoms with Crippen molar-refractivity contribution >= 4 is 34.2 Å². The van der Waals surface area contributed by atoms with E-state index in [9.17, 15) is 4.79 Å². The first-order valence-electron chi connectivity index (χ1n) is 8.07. The molecule has 2 aromatic rings. The molecule has 24 heavy (non-hydrogen) atoms. The number of carbonyl (C=O) groups is 1. The summed E-state index contributed by atoms with van der Waals surface area (Å²) in [4.78, 5) is 15.0. The van der Waals surface area contributed by atoms with Crippen LogP contribution in [-0.2, 0) is 0 Å². The number of fused-ring (bicyclic) bond motifs is 2. The molecule has 2 aliphatic heterocycles. The van der Waals surface area contributed by atoms with Gasteiger partial charge in [0.2, 0.25) is 0 Å². The Bertz CT molecular complexity index is 721. The molecular weight excluding hydrogens is 392 g/mol. The van der Waals surface area contributed by atoms with Crippen molar-refractivity contribution in [3.05, 3.63) is 46.7 Å². The summed E-state index contributed by atoms with van der Waals surface area (Å²) in [5.74, 6) is 0.0648. The zero-order valence-electron chi connectivity index (χ0n) is 13.2. The minimum Gasteiger partial charge on any atom is -0.330 e. The van der Waals surface area contributed by atoms with Gasteiger partial charge in [0.05, 0.1) is 5.69 Å². The number of carbonyl (C=O) groups excluding carboxylic acids is 1. The van der Waals surface area contributed by atoms with Gasteiger partial charge in [0.15, 0.2) is 5.69 Å². The molecule has 2 atom stereocenters. The van der Waals surface area contributed by atoms with Gasteiger partial charge >= 0.3 is 0 Å². The van der Waals surface area contributed by atoms with Crippen LogP contribution in [0.25, 0.3) is 5.69 Å². The van der Waals surface area contributed by atoms with Gasteiger partial charge in [-0.2, -0.15) is 5.10 Å². The van der Waals surface area contributed by atoms with Crippen molar-refractivity contribution in [3.8, 4) is 5.69 Å². The Balaban J connectivity index is 0.00000169. The summed E-state index contributed by atoms with van der Waals surface area (Å²) < 4.78 is 2.76. The lowest BCUT2D eigenvalue weighted by Gasteiger charge is -2.27. The SMILES string of the molecule is Cl.O=C(c1ccn(-c2cccc(Br)c2)n1)N1C2CCNCC1CC2. The maximum absolute atomic E-state index is 12.9. The van der Waals surface area contributed by atoms with Crippen LogP contribution in [0.5, 0.6) is 0 Å². The van der Waals surface area contributed by atoms with Crippen LogP contribution < -0.4 is 5.32 Å². The van der Waals surface area contributed by atoms with Crippen molar-refractivity contribution in [2.45, 2.75) is 31.3 Å². The smallest absolute Gasteiger partial charge is 0.274 e. The topological polar surface area (TPSA) is 50.2 Å². The molecular formula is C17H20BrClN4O. The van der Waals surface area contributed by atoms with Gasteiger partial charge in [0.25, 0.3) is 5.91 Å². The molecule has 2 aliphatic rings. The second-order valence-corrected chi connectivity index (χ2v) is 7.13. The maximum Gasteiger partial charge on any atom is 0.274 e. The van der Waals surface area contributed by atoms with Crippen molar-refractivity contribution < 1.29 is 4.79 Å².